The SMILES string of the molecule is CCc1c(Cl)cc(Cl)cc1C(C)Cc1cccc(S(=O)(=O)NCCOCCOCCNC(=O)NCCCCNC(=O)NCCOCCOCCNS(=O)(=O)c2cccc([C@@H]3CN(C)Cc4c(Cl)cc(Cl)cc43)c2)c1. The number of carbonyl (C=O) groups excluding carboxylic acids is 2. The zero-order valence-electron chi connectivity index (χ0n) is 42.1. The highest BCUT2D eigenvalue weighted by Gasteiger charge is 2.28. The summed E-state index contributed by atoms with van der Waals surface area (Å²) < 4.78 is 79.5. The van der Waals surface area contributed by atoms with Gasteiger partial charge in [-0.2, -0.15) is 0 Å². The molecule has 0 bridgehead atoms. The van der Waals surface area contributed by atoms with E-state index in [2.05, 4.69) is 42.5 Å². The van der Waals surface area contributed by atoms with E-state index in [4.69, 9.17) is 65.4 Å². The van der Waals surface area contributed by atoms with Crippen LogP contribution in [0.5, 0.6) is 0 Å². The first-order valence-electron chi connectivity index (χ1n) is 24.6. The highest BCUT2D eigenvalue weighted by Crippen LogP contribution is 2.39. The number of hydrogen-bond acceptors (Lipinski definition) is 11. The van der Waals surface area contributed by atoms with E-state index >= 15 is 0 Å². The van der Waals surface area contributed by atoms with Crippen molar-refractivity contribution in [3.63, 3.8) is 0 Å². The normalized spacial score (nSPS) is 14.3. The van der Waals surface area contributed by atoms with Crippen LogP contribution >= 0.6 is 46.4 Å². The van der Waals surface area contributed by atoms with Gasteiger partial charge < -0.3 is 45.1 Å². The Morgan fingerprint density at radius 1 is 0.635 bits per heavy atom. The van der Waals surface area contributed by atoms with E-state index in [0.717, 1.165) is 39.8 Å². The molecule has 1 unspecified atom stereocenters. The molecule has 0 spiro atoms. The molecule has 23 heteroatoms. The maximum Gasteiger partial charge on any atom is 0.314 e. The molecule has 74 heavy (non-hydrogen) atoms. The predicted octanol–water partition coefficient (Wildman–Crippen LogP) is 7.49. The molecule has 408 valence electrons. The molecule has 2 atom stereocenters. The number of unbranched alkanes of at least 4 members (excludes halogenated alkanes) is 1. The van der Waals surface area contributed by atoms with Crippen molar-refractivity contribution in [2.75, 3.05) is 106 Å². The van der Waals surface area contributed by atoms with E-state index in [-0.39, 0.29) is 106 Å². The van der Waals surface area contributed by atoms with E-state index < -0.39 is 20.0 Å². The van der Waals surface area contributed by atoms with Crippen molar-refractivity contribution in [1.29, 1.82) is 0 Å². The molecule has 5 rings (SSSR count). The summed E-state index contributed by atoms with van der Waals surface area (Å²) in [5.41, 5.74) is 5.80. The number of amides is 4. The van der Waals surface area contributed by atoms with Crippen LogP contribution in [0.25, 0.3) is 0 Å². The average molecular weight is 1150 g/mol. The first kappa shape index (κ1) is 61.1. The van der Waals surface area contributed by atoms with Crippen LogP contribution in [0.3, 0.4) is 0 Å². The van der Waals surface area contributed by atoms with E-state index in [1.54, 1.807) is 48.5 Å². The van der Waals surface area contributed by atoms with Crippen molar-refractivity contribution in [3.05, 3.63) is 126 Å². The zero-order valence-corrected chi connectivity index (χ0v) is 46.7. The number of rotatable bonds is 32. The molecule has 0 aromatic heterocycles. The molecule has 4 aromatic rings. The topological polar surface area (TPSA) is 215 Å². The van der Waals surface area contributed by atoms with E-state index in [1.165, 1.54) is 0 Å². The molecule has 0 saturated heterocycles. The van der Waals surface area contributed by atoms with Gasteiger partial charge in [-0.05, 0) is 121 Å². The highest BCUT2D eigenvalue weighted by molar-refractivity contribution is 7.89. The molecule has 0 fully saturated rings. The third-order valence-electron chi connectivity index (χ3n) is 12.0. The number of fused-ring (bicyclic) bond motifs is 1. The first-order valence-corrected chi connectivity index (χ1v) is 29.1. The Kier molecular flexibility index (Phi) is 25.9. The lowest BCUT2D eigenvalue weighted by Crippen LogP contribution is -2.39. The molecule has 1 aliphatic heterocycles. The Bertz CT molecular complexity index is 2670. The van der Waals surface area contributed by atoms with Crippen LogP contribution in [0.4, 0.5) is 9.59 Å². The Hall–Kier alpha value is -3.80. The van der Waals surface area contributed by atoms with Gasteiger partial charge >= 0.3 is 12.1 Å². The quantitative estimate of drug-likeness (QED) is 0.0264. The summed E-state index contributed by atoms with van der Waals surface area (Å²) in [6, 6.07) is 20.4. The van der Waals surface area contributed by atoms with Crippen LogP contribution in [-0.2, 0) is 58.4 Å². The second-order valence-electron chi connectivity index (χ2n) is 17.7. The number of nitrogens with one attached hydrogen (secondary N) is 6. The van der Waals surface area contributed by atoms with E-state index in [1.807, 2.05) is 38.2 Å². The predicted molar refractivity (Wildman–Crippen MR) is 291 cm³/mol. The van der Waals surface area contributed by atoms with Gasteiger partial charge in [0.15, 0.2) is 0 Å². The standard InChI is InChI=1S/C51H69Cl4N7O10S2/c1-4-43-44(30-39(52)32-48(43)54)36(2)27-37-9-7-11-41(28-37)73(65,66)60-17-21-71-25-23-69-19-15-58-50(63)56-13-5-6-14-57-51(64)59-16-20-70-24-26-72-22-18-61-74(67,68)42-12-8-10-38(29-42)46-34-62(3)35-47-45(46)31-40(53)33-49(47)55/h7-12,28-33,36,46,60-61H,4-6,13-27,34-35H2,1-3H3,(H2,56,58,63)(H2,57,59,64)/t36?,46-/m0/s1. The monoisotopic (exact) mass is 1140 g/mol. The average Bonchev–Trinajstić information content (AvgIpc) is 3.36. The van der Waals surface area contributed by atoms with Crippen molar-refractivity contribution in [3.8, 4) is 0 Å². The first-order chi connectivity index (χ1) is 35.5. The smallest absolute Gasteiger partial charge is 0.314 e. The summed E-state index contributed by atoms with van der Waals surface area (Å²) in [4.78, 5) is 26.7. The van der Waals surface area contributed by atoms with Crippen LogP contribution < -0.4 is 30.7 Å². The summed E-state index contributed by atoms with van der Waals surface area (Å²) in [6.45, 7) is 8.97. The van der Waals surface area contributed by atoms with Gasteiger partial charge in [0.05, 0.1) is 62.6 Å². The fraction of sp³-hybridized carbons (Fsp3) is 0.490. The minimum absolute atomic E-state index is 0.0716. The van der Waals surface area contributed by atoms with Crippen LogP contribution in [0, 0.1) is 0 Å². The van der Waals surface area contributed by atoms with Gasteiger partial charge in [0, 0.05) is 78.4 Å². The summed E-state index contributed by atoms with van der Waals surface area (Å²) in [6.07, 6.45) is 2.69. The van der Waals surface area contributed by atoms with Gasteiger partial charge in [-0.3, -0.25) is 0 Å². The number of carbonyl (C=O) groups is 2. The van der Waals surface area contributed by atoms with Gasteiger partial charge in [-0.15, -0.1) is 0 Å². The summed E-state index contributed by atoms with van der Waals surface area (Å²) in [7, 11) is -5.54. The molecule has 1 heterocycles. The molecule has 4 amide bonds. The van der Waals surface area contributed by atoms with Crippen molar-refractivity contribution in [2.45, 2.75) is 67.7 Å². The van der Waals surface area contributed by atoms with Crippen LogP contribution in [-0.4, -0.2) is 140 Å². The molecule has 6 N–H and O–H groups in total. The summed E-state index contributed by atoms with van der Waals surface area (Å²) in [5, 5.41) is 13.3. The van der Waals surface area contributed by atoms with Crippen LogP contribution in [0.15, 0.2) is 82.6 Å². The number of likely N-dealkylation sites (N-methyl/N-ethyl adjacent to an activating group) is 1. The van der Waals surface area contributed by atoms with Crippen molar-refractivity contribution in [2.24, 2.45) is 0 Å². The third kappa shape index (κ3) is 20.3. The minimum Gasteiger partial charge on any atom is -0.378 e. The highest BCUT2D eigenvalue weighted by atomic mass is 35.5. The number of hydrogen-bond donors (Lipinski definition) is 6. The van der Waals surface area contributed by atoms with Gasteiger partial charge in [0.2, 0.25) is 20.0 Å². The summed E-state index contributed by atoms with van der Waals surface area (Å²) in [5.74, 6) is -0.0232. The molecule has 0 saturated carbocycles. The lowest BCUT2D eigenvalue weighted by Gasteiger charge is -2.33. The lowest BCUT2D eigenvalue weighted by molar-refractivity contribution is 0.0516. The molecular weight excluding hydrogens is 1080 g/mol. The van der Waals surface area contributed by atoms with Gasteiger partial charge in [0.25, 0.3) is 0 Å². The molecular formula is C51H69Cl4N7O10S2. The Labute approximate surface area is 456 Å². The second-order valence-corrected chi connectivity index (χ2v) is 22.9. The van der Waals surface area contributed by atoms with E-state index in [0.29, 0.717) is 72.1 Å². The zero-order chi connectivity index (χ0) is 53.5. The van der Waals surface area contributed by atoms with Crippen molar-refractivity contribution >= 4 is 78.5 Å². The van der Waals surface area contributed by atoms with Gasteiger partial charge in [-0.25, -0.2) is 35.9 Å². The van der Waals surface area contributed by atoms with Crippen molar-refractivity contribution in [1.82, 2.24) is 35.6 Å². The largest absolute Gasteiger partial charge is 0.378 e. The van der Waals surface area contributed by atoms with E-state index in [9.17, 15) is 26.4 Å². The number of ether oxygens (including phenoxy) is 4. The van der Waals surface area contributed by atoms with Crippen LogP contribution in [0.1, 0.15) is 71.9 Å². The number of halogens is 4. The van der Waals surface area contributed by atoms with Gasteiger partial charge in [0.1, 0.15) is 0 Å². The second kappa shape index (κ2) is 31.4. The number of benzene rings is 4. The Morgan fingerprint density at radius 2 is 1.14 bits per heavy atom. The van der Waals surface area contributed by atoms with Crippen LogP contribution in [0.2, 0.25) is 20.1 Å². The Balaban J connectivity index is 0.796. The lowest BCUT2D eigenvalue weighted by atomic mass is 9.85. The summed E-state index contributed by atoms with van der Waals surface area (Å²) >= 11 is 25.6. The van der Waals surface area contributed by atoms with Crippen molar-refractivity contribution < 1.29 is 45.4 Å². The van der Waals surface area contributed by atoms with Gasteiger partial charge in [-0.1, -0.05) is 84.5 Å². The molecule has 17 nitrogen and oxygen atoms in total. The molecule has 4 aromatic carbocycles. The fourth-order valence-electron chi connectivity index (χ4n) is 8.33. The molecule has 0 radical (unpaired) electrons. The number of nitrogens with zero attached hydrogens (tertiary/aromatic N) is 1. The maximum atomic E-state index is 13.1. The number of sulfonamides is 2. The third-order valence-corrected chi connectivity index (χ3v) is 16.0. The fourth-order valence-corrected chi connectivity index (χ4v) is 11.7. The molecule has 1 aliphatic rings. The Morgan fingerprint density at radius 3 is 1.70 bits per heavy atom. The maximum absolute atomic E-state index is 13.1. The number of urea groups is 2. The minimum atomic E-state index is -3.79. The molecule has 0 aliphatic carbocycles.